The van der Waals surface area contributed by atoms with E-state index in [0.29, 0.717) is 19.6 Å². The Hall–Kier alpha value is -0.290. The first-order valence-corrected chi connectivity index (χ1v) is 6.84. The molecule has 0 aliphatic carbocycles. The van der Waals surface area contributed by atoms with Crippen molar-refractivity contribution in [3.05, 3.63) is 0 Å². The van der Waals surface area contributed by atoms with Crippen molar-refractivity contribution in [1.29, 1.82) is 0 Å². The van der Waals surface area contributed by atoms with Gasteiger partial charge < -0.3 is 9.47 Å². The first-order chi connectivity index (χ1) is 8.58. The number of rotatable bonds is 9. The average molecular weight is 268 g/mol. The molecule has 1 unspecified atom stereocenters. The van der Waals surface area contributed by atoms with E-state index < -0.39 is 12.6 Å². The van der Waals surface area contributed by atoms with Gasteiger partial charge in [-0.3, -0.25) is 0 Å². The normalized spacial score (nSPS) is 20.5. The standard InChI is InChI=1S/C13H23F3O2/c14-13(15,16)8-4-2-1-3-5-9-17-11-12-7-6-10-18-12/h12H,1-11H2. The molecule has 18 heavy (non-hydrogen) atoms. The Balaban J connectivity index is 1.76. The molecule has 1 rings (SSSR count). The lowest BCUT2D eigenvalue weighted by molar-refractivity contribution is -0.135. The van der Waals surface area contributed by atoms with Crippen molar-refractivity contribution in [3.63, 3.8) is 0 Å². The van der Waals surface area contributed by atoms with Crippen LogP contribution in [-0.2, 0) is 9.47 Å². The van der Waals surface area contributed by atoms with E-state index in [0.717, 1.165) is 38.7 Å². The SMILES string of the molecule is FC(F)(F)CCCCCCCOCC1CCCO1. The highest BCUT2D eigenvalue weighted by molar-refractivity contribution is 4.63. The van der Waals surface area contributed by atoms with Crippen LogP contribution in [0.2, 0.25) is 0 Å². The second-order valence-electron chi connectivity index (χ2n) is 4.84. The van der Waals surface area contributed by atoms with Crippen molar-refractivity contribution in [3.8, 4) is 0 Å². The minimum absolute atomic E-state index is 0.250. The smallest absolute Gasteiger partial charge is 0.379 e. The molecule has 1 saturated heterocycles. The van der Waals surface area contributed by atoms with Gasteiger partial charge in [-0.1, -0.05) is 19.3 Å². The number of unbranched alkanes of at least 4 members (excludes halogenated alkanes) is 4. The van der Waals surface area contributed by atoms with E-state index in [2.05, 4.69) is 0 Å². The van der Waals surface area contributed by atoms with E-state index in [1.807, 2.05) is 0 Å². The molecule has 0 N–H and O–H groups in total. The molecule has 1 atom stereocenters. The molecular formula is C13H23F3O2. The van der Waals surface area contributed by atoms with Gasteiger partial charge in [-0.05, 0) is 25.7 Å². The highest BCUT2D eigenvalue weighted by atomic mass is 19.4. The van der Waals surface area contributed by atoms with Crippen molar-refractivity contribution in [1.82, 2.24) is 0 Å². The summed E-state index contributed by atoms with van der Waals surface area (Å²) in [7, 11) is 0. The number of hydrogen-bond acceptors (Lipinski definition) is 2. The topological polar surface area (TPSA) is 18.5 Å². The molecule has 2 nitrogen and oxygen atoms in total. The summed E-state index contributed by atoms with van der Waals surface area (Å²) in [6.07, 6.45) is 1.46. The monoisotopic (exact) mass is 268 g/mol. The zero-order valence-corrected chi connectivity index (χ0v) is 10.8. The molecule has 5 heteroatoms. The van der Waals surface area contributed by atoms with E-state index >= 15 is 0 Å². The Morgan fingerprint density at radius 3 is 2.44 bits per heavy atom. The molecule has 0 aromatic heterocycles. The maximum Gasteiger partial charge on any atom is 0.389 e. The fourth-order valence-corrected chi connectivity index (χ4v) is 2.05. The lowest BCUT2D eigenvalue weighted by Gasteiger charge is -2.10. The summed E-state index contributed by atoms with van der Waals surface area (Å²) < 4.78 is 46.4. The van der Waals surface area contributed by atoms with Crippen LogP contribution in [0.5, 0.6) is 0 Å². The van der Waals surface area contributed by atoms with Gasteiger partial charge in [0.25, 0.3) is 0 Å². The molecule has 0 spiro atoms. The molecule has 1 aliphatic rings. The van der Waals surface area contributed by atoms with E-state index in [4.69, 9.17) is 9.47 Å². The Kier molecular flexibility index (Phi) is 7.66. The van der Waals surface area contributed by atoms with E-state index in [1.54, 1.807) is 0 Å². The molecule has 1 fully saturated rings. The molecule has 0 aromatic carbocycles. The molecule has 0 radical (unpaired) electrons. The summed E-state index contributed by atoms with van der Waals surface area (Å²) in [6, 6.07) is 0. The molecule has 1 heterocycles. The summed E-state index contributed by atoms with van der Waals surface area (Å²) in [5, 5.41) is 0. The number of hydrogen-bond donors (Lipinski definition) is 0. The Morgan fingerprint density at radius 1 is 1.06 bits per heavy atom. The van der Waals surface area contributed by atoms with Gasteiger partial charge in [0.2, 0.25) is 0 Å². The Labute approximate surface area is 107 Å². The third kappa shape index (κ3) is 8.75. The largest absolute Gasteiger partial charge is 0.389 e. The van der Waals surface area contributed by atoms with Gasteiger partial charge in [0.05, 0.1) is 12.7 Å². The van der Waals surface area contributed by atoms with Gasteiger partial charge >= 0.3 is 6.18 Å². The highest BCUT2D eigenvalue weighted by Crippen LogP contribution is 2.23. The van der Waals surface area contributed by atoms with Gasteiger partial charge in [-0.25, -0.2) is 0 Å². The van der Waals surface area contributed by atoms with Gasteiger partial charge in [-0.15, -0.1) is 0 Å². The molecule has 108 valence electrons. The summed E-state index contributed by atoms with van der Waals surface area (Å²) in [6.45, 7) is 2.19. The van der Waals surface area contributed by atoms with Crippen LogP contribution in [0.15, 0.2) is 0 Å². The summed E-state index contributed by atoms with van der Waals surface area (Å²) in [5.74, 6) is 0. The average Bonchev–Trinajstić information content (AvgIpc) is 2.78. The highest BCUT2D eigenvalue weighted by Gasteiger charge is 2.25. The Morgan fingerprint density at radius 2 is 1.78 bits per heavy atom. The van der Waals surface area contributed by atoms with Crippen molar-refractivity contribution in [2.45, 2.75) is 63.6 Å². The van der Waals surface area contributed by atoms with Gasteiger partial charge in [0.15, 0.2) is 0 Å². The first-order valence-electron chi connectivity index (χ1n) is 6.84. The quantitative estimate of drug-likeness (QED) is 0.586. The van der Waals surface area contributed by atoms with Crippen LogP contribution in [0.4, 0.5) is 13.2 Å². The van der Waals surface area contributed by atoms with Crippen LogP contribution in [0.1, 0.15) is 51.4 Å². The van der Waals surface area contributed by atoms with Crippen LogP contribution in [-0.4, -0.2) is 32.1 Å². The van der Waals surface area contributed by atoms with E-state index in [1.165, 1.54) is 0 Å². The van der Waals surface area contributed by atoms with Gasteiger partial charge in [-0.2, -0.15) is 13.2 Å². The zero-order chi connectivity index (χ0) is 13.3. The third-order valence-electron chi connectivity index (χ3n) is 3.08. The van der Waals surface area contributed by atoms with Crippen LogP contribution in [0.3, 0.4) is 0 Å². The van der Waals surface area contributed by atoms with Crippen LogP contribution in [0.25, 0.3) is 0 Å². The fraction of sp³-hybridized carbons (Fsp3) is 1.00. The Bertz CT molecular complexity index is 201. The van der Waals surface area contributed by atoms with Crippen molar-refractivity contribution >= 4 is 0 Å². The van der Waals surface area contributed by atoms with Crippen molar-refractivity contribution in [2.24, 2.45) is 0 Å². The molecule has 0 bridgehead atoms. The minimum Gasteiger partial charge on any atom is -0.379 e. The molecule has 0 aromatic rings. The van der Waals surface area contributed by atoms with Gasteiger partial charge in [0, 0.05) is 19.6 Å². The first kappa shape index (κ1) is 15.8. The maximum absolute atomic E-state index is 11.8. The summed E-state index contributed by atoms with van der Waals surface area (Å²) in [5.41, 5.74) is 0. The molecule has 0 saturated carbocycles. The lowest BCUT2D eigenvalue weighted by atomic mass is 10.1. The van der Waals surface area contributed by atoms with Crippen LogP contribution in [0, 0.1) is 0 Å². The minimum atomic E-state index is -4.00. The zero-order valence-electron chi connectivity index (χ0n) is 10.8. The predicted octanol–water partition coefficient (Wildman–Crippen LogP) is 4.08. The van der Waals surface area contributed by atoms with E-state index in [-0.39, 0.29) is 12.5 Å². The molecule has 1 aliphatic heterocycles. The van der Waals surface area contributed by atoms with Crippen molar-refractivity contribution < 1.29 is 22.6 Å². The summed E-state index contributed by atoms with van der Waals surface area (Å²) in [4.78, 5) is 0. The van der Waals surface area contributed by atoms with E-state index in [9.17, 15) is 13.2 Å². The maximum atomic E-state index is 11.8. The van der Waals surface area contributed by atoms with Crippen molar-refractivity contribution in [2.75, 3.05) is 19.8 Å². The molecular weight excluding hydrogens is 245 g/mol. The second kappa shape index (κ2) is 8.75. The second-order valence-corrected chi connectivity index (χ2v) is 4.84. The van der Waals surface area contributed by atoms with Crippen LogP contribution >= 0.6 is 0 Å². The fourth-order valence-electron chi connectivity index (χ4n) is 2.05. The predicted molar refractivity (Wildman–Crippen MR) is 63.6 cm³/mol. The van der Waals surface area contributed by atoms with Gasteiger partial charge in [0.1, 0.15) is 0 Å². The van der Waals surface area contributed by atoms with Crippen LogP contribution < -0.4 is 0 Å². The number of halogens is 3. The summed E-state index contributed by atoms with van der Waals surface area (Å²) >= 11 is 0. The molecule has 0 amide bonds. The number of alkyl halides is 3. The third-order valence-corrected chi connectivity index (χ3v) is 3.08. The lowest BCUT2D eigenvalue weighted by Crippen LogP contribution is -2.14. The number of ether oxygens (including phenoxy) is 2.